The van der Waals surface area contributed by atoms with Crippen molar-refractivity contribution in [2.75, 3.05) is 5.32 Å². The van der Waals surface area contributed by atoms with Crippen LogP contribution < -0.4 is 5.32 Å². The SMILES string of the molecule is CC(C)CC(C)Nc1ncccc1Cl. The van der Waals surface area contributed by atoms with Crippen molar-refractivity contribution in [3.63, 3.8) is 0 Å². The fourth-order valence-corrected chi connectivity index (χ4v) is 1.67. The highest BCUT2D eigenvalue weighted by Gasteiger charge is 2.07. The summed E-state index contributed by atoms with van der Waals surface area (Å²) in [6.45, 7) is 6.56. The summed E-state index contributed by atoms with van der Waals surface area (Å²) < 4.78 is 0. The third kappa shape index (κ3) is 3.54. The standard InChI is InChI=1S/C11H17ClN2/c1-8(2)7-9(3)14-11-10(12)5-4-6-13-11/h4-6,8-9H,7H2,1-3H3,(H,13,14). The van der Waals surface area contributed by atoms with E-state index in [9.17, 15) is 0 Å². The second-order valence-electron chi connectivity index (χ2n) is 4.01. The van der Waals surface area contributed by atoms with Crippen LogP contribution in [0, 0.1) is 5.92 Å². The van der Waals surface area contributed by atoms with Crippen molar-refractivity contribution in [2.24, 2.45) is 5.92 Å². The molecule has 1 rings (SSSR count). The van der Waals surface area contributed by atoms with Crippen LogP contribution in [0.2, 0.25) is 5.02 Å². The second kappa shape index (κ2) is 5.20. The number of nitrogens with zero attached hydrogens (tertiary/aromatic N) is 1. The van der Waals surface area contributed by atoms with Gasteiger partial charge in [0.2, 0.25) is 0 Å². The molecule has 1 atom stereocenters. The topological polar surface area (TPSA) is 24.9 Å². The molecule has 0 aliphatic rings. The summed E-state index contributed by atoms with van der Waals surface area (Å²) in [6.07, 6.45) is 2.86. The maximum Gasteiger partial charge on any atom is 0.144 e. The highest BCUT2D eigenvalue weighted by atomic mass is 35.5. The summed E-state index contributed by atoms with van der Waals surface area (Å²) in [5.74, 6) is 1.46. The molecule has 0 aliphatic heterocycles. The van der Waals surface area contributed by atoms with E-state index in [1.54, 1.807) is 6.20 Å². The molecule has 14 heavy (non-hydrogen) atoms. The minimum atomic E-state index is 0.405. The zero-order valence-corrected chi connectivity index (χ0v) is 9.67. The van der Waals surface area contributed by atoms with E-state index in [-0.39, 0.29) is 0 Å². The third-order valence-electron chi connectivity index (χ3n) is 1.97. The molecule has 3 heteroatoms. The van der Waals surface area contributed by atoms with Gasteiger partial charge >= 0.3 is 0 Å². The first-order chi connectivity index (χ1) is 6.59. The normalized spacial score (nSPS) is 12.9. The smallest absolute Gasteiger partial charge is 0.144 e. The van der Waals surface area contributed by atoms with Crippen LogP contribution >= 0.6 is 11.6 Å². The van der Waals surface area contributed by atoms with Gasteiger partial charge in [-0.05, 0) is 31.4 Å². The Balaban J connectivity index is 2.56. The average molecular weight is 213 g/mol. The Kier molecular flexibility index (Phi) is 4.21. The van der Waals surface area contributed by atoms with Crippen LogP contribution in [0.15, 0.2) is 18.3 Å². The predicted molar refractivity (Wildman–Crippen MR) is 61.8 cm³/mol. The fraction of sp³-hybridized carbons (Fsp3) is 0.545. The van der Waals surface area contributed by atoms with Gasteiger partial charge < -0.3 is 5.32 Å². The van der Waals surface area contributed by atoms with Gasteiger partial charge in [0.1, 0.15) is 5.82 Å². The number of anilines is 1. The zero-order valence-electron chi connectivity index (χ0n) is 8.92. The molecule has 0 bridgehead atoms. The number of hydrogen-bond acceptors (Lipinski definition) is 2. The molecule has 1 heterocycles. The maximum absolute atomic E-state index is 5.98. The van der Waals surface area contributed by atoms with Crippen molar-refractivity contribution in [3.05, 3.63) is 23.4 Å². The lowest BCUT2D eigenvalue weighted by Crippen LogP contribution is -2.18. The number of pyridine rings is 1. The van der Waals surface area contributed by atoms with Crippen molar-refractivity contribution in [2.45, 2.75) is 33.2 Å². The highest BCUT2D eigenvalue weighted by molar-refractivity contribution is 6.32. The molecule has 0 radical (unpaired) electrons. The van der Waals surface area contributed by atoms with E-state index < -0.39 is 0 Å². The van der Waals surface area contributed by atoms with E-state index in [1.165, 1.54) is 0 Å². The lowest BCUT2D eigenvalue weighted by Gasteiger charge is -2.16. The molecule has 0 saturated heterocycles. The minimum Gasteiger partial charge on any atom is -0.366 e. The molecule has 78 valence electrons. The van der Waals surface area contributed by atoms with Crippen molar-refractivity contribution in [1.29, 1.82) is 0 Å². The molecule has 0 spiro atoms. The number of hydrogen-bond donors (Lipinski definition) is 1. The lowest BCUT2D eigenvalue weighted by atomic mass is 10.1. The molecule has 0 fully saturated rings. The Morgan fingerprint density at radius 2 is 2.14 bits per heavy atom. The van der Waals surface area contributed by atoms with Gasteiger partial charge in [-0.3, -0.25) is 0 Å². The summed E-state index contributed by atoms with van der Waals surface area (Å²) in [6, 6.07) is 4.09. The largest absolute Gasteiger partial charge is 0.366 e. The molecule has 1 aromatic rings. The molecule has 0 aliphatic carbocycles. The predicted octanol–water partition coefficient (Wildman–Crippen LogP) is 3.58. The first-order valence-corrected chi connectivity index (χ1v) is 5.34. The van der Waals surface area contributed by atoms with E-state index in [2.05, 4.69) is 31.1 Å². The summed E-state index contributed by atoms with van der Waals surface area (Å²) in [7, 11) is 0. The van der Waals surface area contributed by atoms with Crippen molar-refractivity contribution >= 4 is 17.4 Å². The van der Waals surface area contributed by atoms with Gasteiger partial charge in [-0.25, -0.2) is 4.98 Å². The Morgan fingerprint density at radius 1 is 1.43 bits per heavy atom. The number of aromatic nitrogens is 1. The fourth-order valence-electron chi connectivity index (χ4n) is 1.49. The highest BCUT2D eigenvalue weighted by Crippen LogP contribution is 2.19. The van der Waals surface area contributed by atoms with E-state index in [0.29, 0.717) is 17.0 Å². The first-order valence-electron chi connectivity index (χ1n) is 4.96. The van der Waals surface area contributed by atoms with E-state index in [0.717, 1.165) is 12.2 Å². The minimum absolute atomic E-state index is 0.405. The number of rotatable bonds is 4. The van der Waals surface area contributed by atoms with E-state index in [4.69, 9.17) is 11.6 Å². The van der Waals surface area contributed by atoms with Crippen molar-refractivity contribution in [1.82, 2.24) is 4.98 Å². The quantitative estimate of drug-likeness (QED) is 0.825. The molecule has 2 nitrogen and oxygen atoms in total. The summed E-state index contributed by atoms with van der Waals surface area (Å²) in [5.41, 5.74) is 0. The molecule has 1 N–H and O–H groups in total. The van der Waals surface area contributed by atoms with Crippen molar-refractivity contribution < 1.29 is 0 Å². The summed E-state index contributed by atoms with van der Waals surface area (Å²) in [4.78, 5) is 4.18. The van der Waals surface area contributed by atoms with Crippen LogP contribution in [0.3, 0.4) is 0 Å². The monoisotopic (exact) mass is 212 g/mol. The Hall–Kier alpha value is -0.760. The molecule has 0 amide bonds. The van der Waals surface area contributed by atoms with Crippen LogP contribution in [-0.2, 0) is 0 Å². The van der Waals surface area contributed by atoms with Crippen LogP contribution in [-0.4, -0.2) is 11.0 Å². The first kappa shape index (κ1) is 11.3. The third-order valence-corrected chi connectivity index (χ3v) is 2.27. The van der Waals surface area contributed by atoms with Crippen LogP contribution in [0.25, 0.3) is 0 Å². The summed E-state index contributed by atoms with van der Waals surface area (Å²) in [5, 5.41) is 3.98. The van der Waals surface area contributed by atoms with Gasteiger partial charge in [0, 0.05) is 12.2 Å². The van der Waals surface area contributed by atoms with Gasteiger partial charge in [-0.1, -0.05) is 25.4 Å². The lowest BCUT2D eigenvalue weighted by molar-refractivity contribution is 0.539. The van der Waals surface area contributed by atoms with Crippen LogP contribution in [0.1, 0.15) is 27.2 Å². The van der Waals surface area contributed by atoms with Gasteiger partial charge in [-0.15, -0.1) is 0 Å². The number of halogens is 1. The van der Waals surface area contributed by atoms with Gasteiger partial charge in [0.25, 0.3) is 0 Å². The molecular weight excluding hydrogens is 196 g/mol. The summed E-state index contributed by atoms with van der Waals surface area (Å²) >= 11 is 5.98. The van der Waals surface area contributed by atoms with Gasteiger partial charge in [0.15, 0.2) is 0 Å². The maximum atomic E-state index is 5.98. The molecule has 0 aromatic carbocycles. The van der Waals surface area contributed by atoms with Gasteiger partial charge in [-0.2, -0.15) is 0 Å². The van der Waals surface area contributed by atoms with Crippen LogP contribution in [0.4, 0.5) is 5.82 Å². The Bertz CT molecular complexity index is 286. The number of nitrogens with one attached hydrogen (secondary N) is 1. The van der Waals surface area contributed by atoms with Gasteiger partial charge in [0.05, 0.1) is 5.02 Å². The molecule has 0 saturated carbocycles. The molecule has 1 unspecified atom stereocenters. The second-order valence-corrected chi connectivity index (χ2v) is 4.42. The molecular formula is C11H17ClN2. The van der Waals surface area contributed by atoms with E-state index in [1.807, 2.05) is 12.1 Å². The Morgan fingerprint density at radius 3 is 2.71 bits per heavy atom. The average Bonchev–Trinajstić information content (AvgIpc) is 2.07. The van der Waals surface area contributed by atoms with E-state index >= 15 is 0 Å². The van der Waals surface area contributed by atoms with Crippen molar-refractivity contribution in [3.8, 4) is 0 Å². The zero-order chi connectivity index (χ0) is 10.6. The Labute approximate surface area is 90.7 Å². The van der Waals surface area contributed by atoms with Crippen LogP contribution in [0.5, 0.6) is 0 Å². The molecule has 1 aromatic heterocycles.